The molecule has 2 heterocycles. The molecule has 4 rings (SSSR count). The summed E-state index contributed by atoms with van der Waals surface area (Å²) in [5, 5.41) is 0.783. The van der Waals surface area contributed by atoms with Gasteiger partial charge >= 0.3 is 0 Å². The van der Waals surface area contributed by atoms with Crippen LogP contribution in [0.1, 0.15) is 5.56 Å². The van der Waals surface area contributed by atoms with E-state index in [9.17, 15) is 4.39 Å². The van der Waals surface area contributed by atoms with Gasteiger partial charge in [0.05, 0.1) is 11.2 Å². The molecule has 0 atom stereocenters. The second-order valence-electron chi connectivity index (χ2n) is 5.85. The van der Waals surface area contributed by atoms with Crippen molar-refractivity contribution in [1.29, 1.82) is 0 Å². The van der Waals surface area contributed by atoms with Crippen molar-refractivity contribution >= 4 is 16.7 Å². The van der Waals surface area contributed by atoms with Gasteiger partial charge in [-0.2, -0.15) is 0 Å². The van der Waals surface area contributed by atoms with E-state index in [2.05, 4.69) is 15.0 Å². The van der Waals surface area contributed by atoms with Crippen LogP contribution in [0.15, 0.2) is 61.1 Å². The third-order valence-electron chi connectivity index (χ3n) is 4.24. The Bertz CT molecular complexity index is 1090. The highest BCUT2D eigenvalue weighted by Crippen LogP contribution is 2.34. The first kappa shape index (κ1) is 15.2. The monoisotopic (exact) mass is 330 g/mol. The summed E-state index contributed by atoms with van der Waals surface area (Å²) in [6.45, 7) is 1.94. The van der Waals surface area contributed by atoms with E-state index < -0.39 is 0 Å². The summed E-state index contributed by atoms with van der Waals surface area (Å²) in [5.41, 5.74) is 11.1. The highest BCUT2D eigenvalue weighted by atomic mass is 19.1. The number of hydrogen-bond donors (Lipinski definition) is 1. The van der Waals surface area contributed by atoms with Crippen molar-refractivity contribution in [3.8, 4) is 22.4 Å². The van der Waals surface area contributed by atoms with Crippen LogP contribution in [0.4, 0.5) is 10.2 Å². The van der Waals surface area contributed by atoms with Gasteiger partial charge in [0.2, 0.25) is 0 Å². The lowest BCUT2D eigenvalue weighted by atomic mass is 9.96. The van der Waals surface area contributed by atoms with Gasteiger partial charge in [0.15, 0.2) is 0 Å². The van der Waals surface area contributed by atoms with Crippen LogP contribution in [0.5, 0.6) is 0 Å². The minimum atomic E-state index is -0.284. The van der Waals surface area contributed by atoms with Crippen molar-refractivity contribution in [2.75, 3.05) is 5.73 Å². The first-order valence-electron chi connectivity index (χ1n) is 7.85. The van der Waals surface area contributed by atoms with Gasteiger partial charge in [-0.05, 0) is 48.4 Å². The summed E-state index contributed by atoms with van der Waals surface area (Å²) in [5.74, 6) is 0.146. The lowest BCUT2D eigenvalue weighted by Gasteiger charge is -2.12. The predicted octanol–water partition coefficient (Wildman–Crippen LogP) is 4.39. The topological polar surface area (TPSA) is 64.7 Å². The molecule has 0 aliphatic rings. The molecule has 0 saturated heterocycles. The molecule has 4 nitrogen and oxygen atoms in total. The second-order valence-corrected chi connectivity index (χ2v) is 5.85. The van der Waals surface area contributed by atoms with Crippen LogP contribution in [0.3, 0.4) is 0 Å². The van der Waals surface area contributed by atoms with E-state index in [4.69, 9.17) is 5.73 Å². The first-order valence-corrected chi connectivity index (χ1v) is 7.85. The van der Waals surface area contributed by atoms with Crippen LogP contribution in [-0.4, -0.2) is 15.0 Å². The number of aryl methyl sites for hydroxylation is 1. The number of aromatic nitrogens is 3. The molecule has 0 bridgehead atoms. The average Bonchev–Trinajstić information content (AvgIpc) is 2.64. The molecule has 2 N–H and O–H groups in total. The Labute approximate surface area is 144 Å². The molecule has 5 heteroatoms. The van der Waals surface area contributed by atoms with Crippen LogP contribution in [0.25, 0.3) is 33.3 Å². The molecule has 0 spiro atoms. The van der Waals surface area contributed by atoms with Crippen LogP contribution < -0.4 is 5.73 Å². The molecule has 0 saturated carbocycles. The Kier molecular flexibility index (Phi) is 3.61. The molecule has 122 valence electrons. The van der Waals surface area contributed by atoms with Crippen LogP contribution in [-0.2, 0) is 0 Å². The molecule has 0 unspecified atom stereocenters. The zero-order valence-corrected chi connectivity index (χ0v) is 13.6. The lowest BCUT2D eigenvalue weighted by Crippen LogP contribution is -1.95. The summed E-state index contributed by atoms with van der Waals surface area (Å²) in [6.07, 6.45) is 3.16. The maximum atomic E-state index is 13.8. The Hall–Kier alpha value is -3.34. The molecule has 0 amide bonds. The summed E-state index contributed by atoms with van der Waals surface area (Å²) < 4.78 is 13.8. The Balaban J connectivity index is 1.96. The third-order valence-corrected chi connectivity index (χ3v) is 4.24. The van der Waals surface area contributed by atoms with Crippen molar-refractivity contribution in [1.82, 2.24) is 15.0 Å². The number of halogens is 1. The quantitative estimate of drug-likeness (QED) is 0.592. The Morgan fingerprint density at radius 1 is 0.920 bits per heavy atom. The number of benzene rings is 2. The summed E-state index contributed by atoms with van der Waals surface area (Å²) >= 11 is 0. The molecule has 0 aliphatic heterocycles. The molecular weight excluding hydrogens is 315 g/mol. The largest absolute Gasteiger partial charge is 0.383 e. The van der Waals surface area contributed by atoms with Gasteiger partial charge in [0.1, 0.15) is 18.0 Å². The number of anilines is 1. The summed E-state index contributed by atoms with van der Waals surface area (Å²) in [7, 11) is 0. The van der Waals surface area contributed by atoms with E-state index in [0.29, 0.717) is 5.82 Å². The van der Waals surface area contributed by atoms with Gasteiger partial charge in [0.25, 0.3) is 0 Å². The van der Waals surface area contributed by atoms with Gasteiger partial charge in [0, 0.05) is 22.7 Å². The van der Waals surface area contributed by atoms with Gasteiger partial charge in [-0.25, -0.2) is 14.4 Å². The van der Waals surface area contributed by atoms with Gasteiger partial charge in [-0.3, -0.25) is 4.98 Å². The standard InChI is InChI=1S/C20H15FN4/c1-12-4-6-14(21)10-16(12)19-15(3-2-8-23-19)13-5-7-18-17(9-13)20(22)25-11-24-18/h2-11H,1H3,(H2,22,24,25). The molecule has 0 radical (unpaired) electrons. The highest BCUT2D eigenvalue weighted by Gasteiger charge is 2.13. The molecule has 25 heavy (non-hydrogen) atoms. The van der Waals surface area contributed by atoms with Gasteiger partial charge in [-0.15, -0.1) is 0 Å². The molecule has 4 aromatic rings. The van der Waals surface area contributed by atoms with E-state index >= 15 is 0 Å². The highest BCUT2D eigenvalue weighted by molar-refractivity contribution is 5.93. The minimum Gasteiger partial charge on any atom is -0.383 e. The fraction of sp³-hybridized carbons (Fsp3) is 0.0500. The van der Waals surface area contributed by atoms with Crippen molar-refractivity contribution in [2.45, 2.75) is 6.92 Å². The SMILES string of the molecule is Cc1ccc(F)cc1-c1ncccc1-c1ccc2ncnc(N)c2c1. The van der Waals surface area contributed by atoms with Gasteiger partial charge < -0.3 is 5.73 Å². The fourth-order valence-corrected chi connectivity index (χ4v) is 2.95. The fourth-order valence-electron chi connectivity index (χ4n) is 2.95. The first-order chi connectivity index (χ1) is 12.1. The molecule has 0 fully saturated rings. The zero-order valence-electron chi connectivity index (χ0n) is 13.6. The number of nitrogens with zero attached hydrogens (tertiary/aromatic N) is 3. The summed E-state index contributed by atoms with van der Waals surface area (Å²) in [6, 6.07) is 14.4. The van der Waals surface area contributed by atoms with E-state index in [-0.39, 0.29) is 5.82 Å². The van der Waals surface area contributed by atoms with Crippen molar-refractivity contribution in [3.63, 3.8) is 0 Å². The van der Waals surface area contributed by atoms with Crippen molar-refractivity contribution in [3.05, 3.63) is 72.4 Å². The van der Waals surface area contributed by atoms with Crippen molar-refractivity contribution < 1.29 is 4.39 Å². The third kappa shape index (κ3) is 2.70. The maximum Gasteiger partial charge on any atom is 0.134 e. The number of pyridine rings is 1. The number of nitrogens with two attached hydrogens (primary N) is 1. The average molecular weight is 330 g/mol. The number of nitrogen functional groups attached to an aromatic ring is 1. The number of rotatable bonds is 2. The number of hydrogen-bond acceptors (Lipinski definition) is 4. The maximum absolute atomic E-state index is 13.8. The van der Waals surface area contributed by atoms with Crippen molar-refractivity contribution in [2.24, 2.45) is 0 Å². The van der Waals surface area contributed by atoms with Crippen LogP contribution in [0.2, 0.25) is 0 Å². The summed E-state index contributed by atoms with van der Waals surface area (Å²) in [4.78, 5) is 12.8. The molecule has 2 aromatic carbocycles. The van der Waals surface area contributed by atoms with Gasteiger partial charge in [-0.1, -0.05) is 18.2 Å². The second kappa shape index (κ2) is 5.94. The Morgan fingerprint density at radius 3 is 2.68 bits per heavy atom. The van der Waals surface area contributed by atoms with Crippen LogP contribution >= 0.6 is 0 Å². The van der Waals surface area contributed by atoms with E-state index in [1.54, 1.807) is 12.3 Å². The van der Waals surface area contributed by atoms with E-state index in [0.717, 1.165) is 38.9 Å². The zero-order chi connectivity index (χ0) is 17.4. The molecular formula is C20H15FN4. The van der Waals surface area contributed by atoms with Crippen LogP contribution in [0, 0.1) is 12.7 Å². The Morgan fingerprint density at radius 2 is 1.80 bits per heavy atom. The number of fused-ring (bicyclic) bond motifs is 1. The normalized spacial score (nSPS) is 11.0. The van der Waals surface area contributed by atoms with E-state index in [1.165, 1.54) is 18.5 Å². The minimum absolute atomic E-state index is 0.284. The predicted molar refractivity (Wildman–Crippen MR) is 97.3 cm³/mol. The van der Waals surface area contributed by atoms with E-state index in [1.807, 2.05) is 37.3 Å². The molecule has 0 aliphatic carbocycles. The lowest BCUT2D eigenvalue weighted by molar-refractivity contribution is 0.628. The smallest absolute Gasteiger partial charge is 0.134 e. The molecule has 2 aromatic heterocycles.